The van der Waals surface area contributed by atoms with Crippen LogP contribution in [0.2, 0.25) is 0 Å². The van der Waals surface area contributed by atoms with Gasteiger partial charge in [0, 0.05) is 20.1 Å². The van der Waals surface area contributed by atoms with E-state index in [9.17, 15) is 0 Å². The lowest BCUT2D eigenvalue weighted by molar-refractivity contribution is 0.620. The van der Waals surface area contributed by atoms with Crippen LogP contribution in [0.3, 0.4) is 0 Å². The highest BCUT2D eigenvalue weighted by atomic mass is 79.9. The van der Waals surface area contributed by atoms with E-state index in [0.717, 1.165) is 63.8 Å². The third kappa shape index (κ3) is 3.10. The molecule has 0 unspecified atom stereocenters. The molecule has 0 amide bonds. The quantitative estimate of drug-likeness (QED) is 0.195. The zero-order valence-electron chi connectivity index (χ0n) is 17.5. The molecule has 0 saturated carbocycles. The first-order chi connectivity index (χ1) is 16.6. The molecule has 0 aliphatic heterocycles. The number of fused-ring (bicyclic) bond motifs is 5. The van der Waals surface area contributed by atoms with Gasteiger partial charge in [-0.25, -0.2) is 9.97 Å². The third-order valence-corrected chi connectivity index (χ3v) is 6.96. The van der Waals surface area contributed by atoms with Crippen LogP contribution >= 0.6 is 31.9 Å². The summed E-state index contributed by atoms with van der Waals surface area (Å²) < 4.78 is 14.1. The summed E-state index contributed by atoms with van der Waals surface area (Å²) >= 11 is 7.41. The maximum absolute atomic E-state index is 6.11. The van der Waals surface area contributed by atoms with Crippen LogP contribution in [0, 0.1) is 0 Å². The molecule has 0 spiro atoms. The summed E-state index contributed by atoms with van der Waals surface area (Å²) in [6, 6.07) is 28.2. The van der Waals surface area contributed by atoms with Crippen LogP contribution in [0.1, 0.15) is 0 Å². The Morgan fingerprint density at radius 3 is 1.38 bits per heavy atom. The van der Waals surface area contributed by atoms with Gasteiger partial charge in [-0.15, -0.1) is 0 Å². The average Bonchev–Trinajstić information content (AvgIpc) is 3.47. The molecule has 0 aliphatic carbocycles. The van der Waals surface area contributed by atoms with Gasteiger partial charge in [-0.2, -0.15) is 0 Å². The number of oxazole rings is 2. The van der Waals surface area contributed by atoms with E-state index >= 15 is 0 Å². The van der Waals surface area contributed by atoms with Gasteiger partial charge in [0.1, 0.15) is 11.0 Å². The fourth-order valence-electron chi connectivity index (χ4n) is 4.54. The minimum atomic E-state index is 0.598. The fourth-order valence-corrected chi connectivity index (χ4v) is 5.45. The fraction of sp³-hybridized carbons (Fsp3) is 0. The zero-order chi connectivity index (χ0) is 22.8. The van der Waals surface area contributed by atoms with Crippen molar-refractivity contribution in [2.75, 3.05) is 0 Å². The summed E-state index contributed by atoms with van der Waals surface area (Å²) in [7, 11) is 0. The lowest BCUT2D eigenvalue weighted by Crippen LogP contribution is -1.88. The molecule has 4 nitrogen and oxygen atoms in total. The third-order valence-electron chi connectivity index (χ3n) is 6.05. The van der Waals surface area contributed by atoms with Crippen LogP contribution in [0.15, 0.2) is 103 Å². The minimum absolute atomic E-state index is 0.598. The van der Waals surface area contributed by atoms with Gasteiger partial charge < -0.3 is 8.83 Å². The second-order valence-corrected chi connectivity index (χ2v) is 9.97. The van der Waals surface area contributed by atoms with E-state index in [1.807, 2.05) is 48.5 Å². The molecular weight excluding hydrogens is 556 g/mol. The summed E-state index contributed by atoms with van der Waals surface area (Å²) in [4.78, 5) is 9.48. The molecular formula is C28H14Br2N2O2. The lowest BCUT2D eigenvalue weighted by atomic mass is 9.95. The van der Waals surface area contributed by atoms with Crippen LogP contribution < -0.4 is 0 Å². The van der Waals surface area contributed by atoms with Gasteiger partial charge in [0.05, 0.1) is 0 Å². The average molecular weight is 570 g/mol. The van der Waals surface area contributed by atoms with E-state index in [-0.39, 0.29) is 0 Å². The number of para-hydroxylation sites is 4. The summed E-state index contributed by atoms with van der Waals surface area (Å²) in [5.41, 5.74) is 5.09. The normalized spacial score (nSPS) is 11.8. The molecule has 2 heterocycles. The van der Waals surface area contributed by atoms with Gasteiger partial charge in [-0.05, 0) is 70.1 Å². The van der Waals surface area contributed by atoms with Crippen molar-refractivity contribution in [3.8, 4) is 22.9 Å². The van der Waals surface area contributed by atoms with E-state index < -0.39 is 0 Å². The van der Waals surface area contributed by atoms with Crippen molar-refractivity contribution < 1.29 is 8.83 Å². The van der Waals surface area contributed by atoms with Crippen molar-refractivity contribution in [1.82, 2.24) is 9.97 Å². The van der Waals surface area contributed by atoms with Gasteiger partial charge in [-0.3, -0.25) is 0 Å². The van der Waals surface area contributed by atoms with Crippen LogP contribution in [0.4, 0.5) is 0 Å². The van der Waals surface area contributed by atoms with Crippen molar-refractivity contribution in [3.05, 3.63) is 93.9 Å². The molecule has 0 N–H and O–H groups in total. The molecule has 0 aliphatic rings. The molecule has 0 radical (unpaired) electrons. The van der Waals surface area contributed by atoms with Crippen molar-refractivity contribution in [2.24, 2.45) is 0 Å². The largest absolute Gasteiger partial charge is 0.436 e. The molecule has 6 heteroatoms. The highest BCUT2D eigenvalue weighted by molar-refractivity contribution is 9.10. The van der Waals surface area contributed by atoms with Crippen LogP contribution in [-0.4, -0.2) is 9.97 Å². The van der Waals surface area contributed by atoms with Crippen molar-refractivity contribution in [1.29, 1.82) is 0 Å². The molecule has 0 bridgehead atoms. The molecule has 2 aromatic heterocycles. The van der Waals surface area contributed by atoms with Gasteiger partial charge in [-0.1, -0.05) is 68.3 Å². The SMILES string of the molecule is Brc1cc(-c2nc3ccccc3o2)c2ccc3c(-c4nc5ccccc5o4)cc(Br)cc3c2c1. The van der Waals surface area contributed by atoms with Gasteiger partial charge in [0.2, 0.25) is 11.8 Å². The summed E-state index contributed by atoms with van der Waals surface area (Å²) in [6.45, 7) is 0. The Bertz CT molecular complexity index is 1700. The van der Waals surface area contributed by atoms with E-state index in [0.29, 0.717) is 11.8 Å². The molecule has 0 fully saturated rings. The van der Waals surface area contributed by atoms with Crippen LogP contribution in [0.25, 0.3) is 66.7 Å². The van der Waals surface area contributed by atoms with Gasteiger partial charge in [0.15, 0.2) is 11.2 Å². The first-order valence-corrected chi connectivity index (χ1v) is 12.3. The predicted octanol–water partition coefficient (Wildman–Crippen LogP) is 9.13. The van der Waals surface area contributed by atoms with Crippen LogP contribution in [-0.2, 0) is 0 Å². The Balaban J connectivity index is 1.52. The Hall–Kier alpha value is -3.48. The maximum Gasteiger partial charge on any atom is 0.227 e. The Labute approximate surface area is 210 Å². The summed E-state index contributed by atoms with van der Waals surface area (Å²) in [5.74, 6) is 1.20. The monoisotopic (exact) mass is 568 g/mol. The second-order valence-electron chi connectivity index (χ2n) is 8.14. The second kappa shape index (κ2) is 7.52. The van der Waals surface area contributed by atoms with Crippen LogP contribution in [0.5, 0.6) is 0 Å². The molecule has 5 aromatic carbocycles. The Kier molecular flexibility index (Phi) is 4.41. The smallest absolute Gasteiger partial charge is 0.227 e. The number of rotatable bonds is 2. The van der Waals surface area contributed by atoms with E-state index in [4.69, 9.17) is 18.8 Å². The van der Waals surface area contributed by atoms with E-state index in [1.54, 1.807) is 0 Å². The molecule has 7 aromatic rings. The van der Waals surface area contributed by atoms with Gasteiger partial charge in [0.25, 0.3) is 0 Å². The molecule has 0 saturated heterocycles. The highest BCUT2D eigenvalue weighted by Gasteiger charge is 2.18. The standard InChI is InChI=1S/C28H14Br2N2O2/c29-15-11-19-17(21(13-15)27-31-23-5-1-3-7-25(23)33-27)9-10-18-20(19)12-16(30)14-22(18)28-32-24-6-2-4-8-26(24)34-28/h1-14H. The molecule has 7 rings (SSSR count). The van der Waals surface area contributed by atoms with Crippen molar-refractivity contribution in [2.45, 2.75) is 0 Å². The Morgan fingerprint density at radius 1 is 0.500 bits per heavy atom. The number of nitrogens with zero attached hydrogens (tertiary/aromatic N) is 2. The minimum Gasteiger partial charge on any atom is -0.436 e. The molecule has 0 atom stereocenters. The number of hydrogen-bond acceptors (Lipinski definition) is 4. The zero-order valence-corrected chi connectivity index (χ0v) is 20.7. The number of hydrogen-bond donors (Lipinski definition) is 0. The molecule has 34 heavy (non-hydrogen) atoms. The maximum atomic E-state index is 6.11. The molecule has 162 valence electrons. The number of halogens is 2. The topological polar surface area (TPSA) is 52.1 Å². The Morgan fingerprint density at radius 2 is 0.941 bits per heavy atom. The lowest BCUT2D eigenvalue weighted by Gasteiger charge is -2.11. The van der Waals surface area contributed by atoms with E-state index in [2.05, 4.69) is 68.3 Å². The first kappa shape index (κ1) is 19.9. The number of aromatic nitrogens is 2. The van der Waals surface area contributed by atoms with E-state index in [1.165, 1.54) is 0 Å². The predicted molar refractivity (Wildman–Crippen MR) is 143 cm³/mol. The van der Waals surface area contributed by atoms with Gasteiger partial charge >= 0.3 is 0 Å². The van der Waals surface area contributed by atoms with Crippen molar-refractivity contribution in [3.63, 3.8) is 0 Å². The highest BCUT2D eigenvalue weighted by Crippen LogP contribution is 2.41. The van der Waals surface area contributed by atoms with Crippen molar-refractivity contribution >= 4 is 75.6 Å². The first-order valence-electron chi connectivity index (χ1n) is 10.7. The summed E-state index contributed by atoms with van der Waals surface area (Å²) in [5, 5.41) is 4.29. The number of benzene rings is 5. The summed E-state index contributed by atoms with van der Waals surface area (Å²) in [6.07, 6.45) is 0.